The highest BCUT2D eigenvalue weighted by Crippen LogP contribution is 2.17. The summed E-state index contributed by atoms with van der Waals surface area (Å²) in [5.41, 5.74) is 0.314. The van der Waals surface area contributed by atoms with Gasteiger partial charge < -0.3 is 19.7 Å². The maximum absolute atomic E-state index is 13.8. The Hall–Kier alpha value is -2.52. The summed E-state index contributed by atoms with van der Waals surface area (Å²) in [6.45, 7) is 3.04. The van der Waals surface area contributed by atoms with Crippen LogP contribution in [-0.2, 0) is 16.0 Å². The van der Waals surface area contributed by atoms with Gasteiger partial charge in [-0.1, -0.05) is 12.1 Å². The van der Waals surface area contributed by atoms with Crippen molar-refractivity contribution >= 4 is 29.0 Å². The first-order valence-electron chi connectivity index (χ1n) is 8.46. The van der Waals surface area contributed by atoms with Crippen LogP contribution in [0.25, 0.3) is 0 Å². The molecule has 2 amide bonds. The van der Waals surface area contributed by atoms with Crippen molar-refractivity contribution in [3.63, 3.8) is 0 Å². The van der Waals surface area contributed by atoms with Crippen molar-refractivity contribution in [2.24, 2.45) is 0 Å². The standard InChI is InChI=1S/C18H22FN3O4S/c1-3-26-17(23)15-12-27-16(20-15)11-22(9-6-10-25-2)18(24)21-14-8-5-4-7-13(14)19/h4-5,7-8,12H,3,6,9-11H2,1-2H3,(H,21,24). The molecule has 0 aliphatic rings. The molecule has 1 aromatic heterocycles. The van der Waals surface area contributed by atoms with Crippen LogP contribution in [0.15, 0.2) is 29.6 Å². The predicted octanol–water partition coefficient (Wildman–Crippen LogP) is 3.53. The Kier molecular flexibility index (Phi) is 8.15. The second-order valence-electron chi connectivity index (χ2n) is 5.52. The lowest BCUT2D eigenvalue weighted by atomic mass is 10.3. The molecular formula is C18H22FN3O4S. The van der Waals surface area contributed by atoms with E-state index >= 15 is 0 Å². The van der Waals surface area contributed by atoms with Crippen LogP contribution >= 0.6 is 11.3 Å². The van der Waals surface area contributed by atoms with Crippen molar-refractivity contribution in [2.75, 3.05) is 32.2 Å². The maximum atomic E-state index is 13.8. The number of methoxy groups -OCH3 is 1. The topological polar surface area (TPSA) is 80.8 Å². The lowest BCUT2D eigenvalue weighted by Gasteiger charge is -2.22. The molecule has 0 saturated carbocycles. The fourth-order valence-electron chi connectivity index (χ4n) is 2.25. The fraction of sp³-hybridized carbons (Fsp3) is 0.389. The van der Waals surface area contributed by atoms with Gasteiger partial charge in [-0.15, -0.1) is 11.3 Å². The number of carbonyl (C=O) groups is 2. The molecule has 0 saturated heterocycles. The minimum atomic E-state index is -0.512. The third-order valence-electron chi connectivity index (χ3n) is 3.54. The largest absolute Gasteiger partial charge is 0.461 e. The van der Waals surface area contributed by atoms with E-state index in [2.05, 4.69) is 10.3 Å². The highest BCUT2D eigenvalue weighted by molar-refractivity contribution is 7.09. The van der Waals surface area contributed by atoms with Crippen molar-refractivity contribution < 1.29 is 23.5 Å². The molecule has 1 N–H and O–H groups in total. The van der Waals surface area contributed by atoms with Gasteiger partial charge in [0.1, 0.15) is 10.8 Å². The quantitative estimate of drug-likeness (QED) is 0.519. The first-order chi connectivity index (χ1) is 13.0. The van der Waals surface area contributed by atoms with Gasteiger partial charge in [-0.3, -0.25) is 0 Å². The number of halogens is 1. The number of carbonyl (C=O) groups excluding carboxylic acids is 2. The van der Waals surface area contributed by atoms with E-state index in [0.29, 0.717) is 24.6 Å². The van der Waals surface area contributed by atoms with E-state index in [-0.39, 0.29) is 24.5 Å². The highest BCUT2D eigenvalue weighted by atomic mass is 32.1. The van der Waals surface area contributed by atoms with Gasteiger partial charge in [0.05, 0.1) is 18.8 Å². The number of nitrogens with one attached hydrogen (secondary N) is 1. The minimum Gasteiger partial charge on any atom is -0.461 e. The maximum Gasteiger partial charge on any atom is 0.357 e. The average Bonchev–Trinajstić information content (AvgIpc) is 3.12. The number of rotatable bonds is 9. The van der Waals surface area contributed by atoms with Gasteiger partial charge in [-0.05, 0) is 25.5 Å². The molecule has 0 spiro atoms. The van der Waals surface area contributed by atoms with Crippen LogP contribution in [0.2, 0.25) is 0 Å². The summed E-state index contributed by atoms with van der Waals surface area (Å²) < 4.78 is 23.7. The molecule has 2 aromatic rings. The molecule has 2 rings (SSSR count). The number of amides is 2. The highest BCUT2D eigenvalue weighted by Gasteiger charge is 2.19. The van der Waals surface area contributed by atoms with Crippen LogP contribution < -0.4 is 5.32 Å². The smallest absolute Gasteiger partial charge is 0.357 e. The number of para-hydroxylation sites is 1. The zero-order chi connectivity index (χ0) is 19.6. The summed E-state index contributed by atoms with van der Waals surface area (Å²) in [7, 11) is 1.58. The Bertz CT molecular complexity index is 769. The zero-order valence-corrected chi connectivity index (χ0v) is 16.1. The minimum absolute atomic E-state index is 0.102. The molecule has 9 heteroatoms. The molecule has 27 heavy (non-hydrogen) atoms. The van der Waals surface area contributed by atoms with Gasteiger partial charge in [0.2, 0.25) is 0 Å². The van der Waals surface area contributed by atoms with Crippen molar-refractivity contribution in [2.45, 2.75) is 19.9 Å². The lowest BCUT2D eigenvalue weighted by molar-refractivity contribution is 0.0520. The Labute approximate surface area is 161 Å². The van der Waals surface area contributed by atoms with E-state index in [1.807, 2.05) is 0 Å². The number of thiazole rings is 1. The van der Waals surface area contributed by atoms with Gasteiger partial charge in [0, 0.05) is 25.6 Å². The summed E-state index contributed by atoms with van der Waals surface area (Å²) >= 11 is 1.26. The number of aromatic nitrogens is 1. The van der Waals surface area contributed by atoms with Gasteiger partial charge in [0.15, 0.2) is 5.69 Å². The van der Waals surface area contributed by atoms with Crippen molar-refractivity contribution in [3.05, 3.63) is 46.2 Å². The number of hydrogen-bond acceptors (Lipinski definition) is 6. The van der Waals surface area contributed by atoms with E-state index in [9.17, 15) is 14.0 Å². The molecule has 146 valence electrons. The summed E-state index contributed by atoms with van der Waals surface area (Å²) in [5.74, 6) is -1.01. The monoisotopic (exact) mass is 395 g/mol. The van der Waals surface area contributed by atoms with E-state index in [1.54, 1.807) is 31.5 Å². The molecular weight excluding hydrogens is 373 g/mol. The Morgan fingerprint density at radius 3 is 2.81 bits per heavy atom. The van der Waals surface area contributed by atoms with Gasteiger partial charge in [-0.2, -0.15) is 0 Å². The first kappa shape index (κ1) is 20.8. The summed E-state index contributed by atoms with van der Waals surface area (Å²) in [6.07, 6.45) is 0.608. The van der Waals surface area contributed by atoms with Gasteiger partial charge in [-0.25, -0.2) is 19.0 Å². The Morgan fingerprint density at radius 2 is 2.11 bits per heavy atom. The molecule has 0 aliphatic heterocycles. The Morgan fingerprint density at radius 1 is 1.33 bits per heavy atom. The van der Waals surface area contributed by atoms with Crippen LogP contribution in [0.1, 0.15) is 28.8 Å². The van der Waals surface area contributed by atoms with Crippen LogP contribution in [0.3, 0.4) is 0 Å². The van der Waals surface area contributed by atoms with E-state index < -0.39 is 17.8 Å². The normalized spacial score (nSPS) is 10.5. The number of nitrogens with zero attached hydrogens (tertiary/aromatic N) is 2. The molecule has 7 nitrogen and oxygen atoms in total. The average molecular weight is 395 g/mol. The van der Waals surface area contributed by atoms with E-state index in [4.69, 9.17) is 9.47 Å². The number of anilines is 1. The third kappa shape index (κ3) is 6.30. The van der Waals surface area contributed by atoms with Gasteiger partial charge in [0.25, 0.3) is 0 Å². The SMILES string of the molecule is CCOC(=O)c1csc(CN(CCCOC)C(=O)Nc2ccccc2F)n1. The molecule has 0 atom stereocenters. The second kappa shape index (κ2) is 10.6. The summed E-state index contributed by atoms with van der Waals surface area (Å²) in [5, 5.41) is 4.74. The van der Waals surface area contributed by atoms with Crippen molar-refractivity contribution in [1.29, 1.82) is 0 Å². The molecule has 1 heterocycles. The predicted molar refractivity (Wildman–Crippen MR) is 100 cm³/mol. The zero-order valence-electron chi connectivity index (χ0n) is 15.2. The van der Waals surface area contributed by atoms with Gasteiger partial charge >= 0.3 is 12.0 Å². The second-order valence-corrected chi connectivity index (χ2v) is 6.47. The van der Waals surface area contributed by atoms with Crippen molar-refractivity contribution in [1.82, 2.24) is 9.88 Å². The third-order valence-corrected chi connectivity index (χ3v) is 4.38. The molecule has 0 unspecified atom stereocenters. The number of hydrogen-bond donors (Lipinski definition) is 1. The summed E-state index contributed by atoms with van der Waals surface area (Å²) in [6, 6.07) is 5.50. The van der Waals surface area contributed by atoms with Crippen molar-refractivity contribution in [3.8, 4) is 0 Å². The lowest BCUT2D eigenvalue weighted by Crippen LogP contribution is -2.36. The van der Waals surface area contributed by atoms with Crippen LogP contribution in [0, 0.1) is 5.82 Å². The van der Waals surface area contributed by atoms with Crippen LogP contribution in [0.4, 0.5) is 14.9 Å². The molecule has 1 aromatic carbocycles. The number of urea groups is 1. The molecule has 0 radical (unpaired) electrons. The first-order valence-corrected chi connectivity index (χ1v) is 9.34. The van der Waals surface area contributed by atoms with E-state index in [1.165, 1.54) is 28.4 Å². The molecule has 0 aliphatic carbocycles. The molecule has 0 fully saturated rings. The van der Waals surface area contributed by atoms with Crippen LogP contribution in [0.5, 0.6) is 0 Å². The van der Waals surface area contributed by atoms with E-state index in [0.717, 1.165) is 0 Å². The van der Waals surface area contributed by atoms with Crippen LogP contribution in [-0.4, -0.2) is 48.8 Å². The molecule has 0 bridgehead atoms. The number of benzene rings is 1. The number of esters is 1. The fourth-order valence-corrected chi connectivity index (χ4v) is 3.03. The summed E-state index contributed by atoms with van der Waals surface area (Å²) in [4.78, 5) is 30.1. The Balaban J connectivity index is 2.08. The number of ether oxygens (including phenoxy) is 2.